The standard InChI is InChI=1S/C15H22FNO2S/c1-2-15(12-6-4-3-5-7-12)17-20(18,19)14-10-8-13(16)9-11-14/h8-12,15,17H,2-7H2,1H3. The van der Waals surface area contributed by atoms with E-state index in [1.54, 1.807) is 0 Å². The van der Waals surface area contributed by atoms with E-state index in [9.17, 15) is 12.8 Å². The summed E-state index contributed by atoms with van der Waals surface area (Å²) < 4.78 is 40.3. The van der Waals surface area contributed by atoms with E-state index in [4.69, 9.17) is 0 Å². The maximum atomic E-state index is 12.9. The van der Waals surface area contributed by atoms with Gasteiger partial charge in [0.25, 0.3) is 0 Å². The Bertz CT molecular complexity index is 521. The number of sulfonamides is 1. The van der Waals surface area contributed by atoms with E-state index in [1.165, 1.54) is 43.5 Å². The fourth-order valence-corrected chi connectivity index (χ4v) is 4.32. The van der Waals surface area contributed by atoms with Gasteiger partial charge >= 0.3 is 0 Å². The van der Waals surface area contributed by atoms with Crippen LogP contribution in [0.2, 0.25) is 0 Å². The van der Waals surface area contributed by atoms with Crippen LogP contribution in [-0.4, -0.2) is 14.5 Å². The minimum atomic E-state index is -3.55. The molecule has 0 heterocycles. The van der Waals surface area contributed by atoms with Gasteiger partial charge in [-0.3, -0.25) is 0 Å². The average Bonchev–Trinajstić information content (AvgIpc) is 2.46. The molecule has 1 atom stereocenters. The second kappa shape index (κ2) is 6.68. The summed E-state index contributed by atoms with van der Waals surface area (Å²) >= 11 is 0. The Hall–Kier alpha value is -0.940. The maximum absolute atomic E-state index is 12.9. The van der Waals surface area contributed by atoms with Crippen molar-refractivity contribution in [2.75, 3.05) is 0 Å². The van der Waals surface area contributed by atoms with Gasteiger partial charge in [0.05, 0.1) is 4.90 Å². The predicted molar refractivity (Wildman–Crippen MR) is 77.4 cm³/mol. The molecule has 0 aromatic heterocycles. The van der Waals surface area contributed by atoms with E-state index in [0.29, 0.717) is 5.92 Å². The average molecular weight is 299 g/mol. The third kappa shape index (κ3) is 3.79. The van der Waals surface area contributed by atoms with E-state index in [1.807, 2.05) is 6.92 Å². The van der Waals surface area contributed by atoms with Crippen LogP contribution in [0.4, 0.5) is 4.39 Å². The van der Waals surface area contributed by atoms with E-state index >= 15 is 0 Å². The SMILES string of the molecule is CCC(NS(=O)(=O)c1ccc(F)cc1)C1CCCCC1. The number of nitrogens with one attached hydrogen (secondary N) is 1. The van der Waals surface area contributed by atoms with E-state index in [2.05, 4.69) is 4.72 Å². The summed E-state index contributed by atoms with van der Waals surface area (Å²) in [5.74, 6) is -0.00718. The summed E-state index contributed by atoms with van der Waals surface area (Å²) in [6.45, 7) is 2.01. The summed E-state index contributed by atoms with van der Waals surface area (Å²) in [5, 5.41) is 0. The van der Waals surface area contributed by atoms with Crippen molar-refractivity contribution in [3.8, 4) is 0 Å². The molecule has 5 heteroatoms. The number of halogens is 1. The first-order valence-corrected chi connectivity index (χ1v) is 8.79. The molecule has 1 saturated carbocycles. The summed E-state index contributed by atoms with van der Waals surface area (Å²) in [5.41, 5.74) is 0. The molecule has 1 fully saturated rings. The van der Waals surface area contributed by atoms with Gasteiger partial charge < -0.3 is 0 Å². The summed E-state index contributed by atoms with van der Waals surface area (Å²) in [7, 11) is -3.55. The van der Waals surface area contributed by atoms with Gasteiger partial charge in [0.1, 0.15) is 5.82 Å². The highest BCUT2D eigenvalue weighted by Crippen LogP contribution is 2.28. The Labute approximate surface area is 120 Å². The van der Waals surface area contributed by atoms with Gasteiger partial charge in [-0.25, -0.2) is 17.5 Å². The van der Waals surface area contributed by atoms with Crippen LogP contribution in [-0.2, 0) is 10.0 Å². The zero-order chi connectivity index (χ0) is 14.6. The van der Waals surface area contributed by atoms with Crippen molar-refractivity contribution in [3.05, 3.63) is 30.1 Å². The van der Waals surface area contributed by atoms with Crippen LogP contribution in [0.3, 0.4) is 0 Å². The van der Waals surface area contributed by atoms with Gasteiger partial charge in [-0.2, -0.15) is 0 Å². The lowest BCUT2D eigenvalue weighted by atomic mass is 9.83. The zero-order valence-electron chi connectivity index (χ0n) is 11.8. The number of hydrogen-bond donors (Lipinski definition) is 1. The van der Waals surface area contributed by atoms with E-state index in [0.717, 1.165) is 19.3 Å². The maximum Gasteiger partial charge on any atom is 0.240 e. The molecule has 3 nitrogen and oxygen atoms in total. The molecule has 20 heavy (non-hydrogen) atoms. The van der Waals surface area contributed by atoms with Crippen LogP contribution in [0.1, 0.15) is 45.4 Å². The molecule has 1 unspecified atom stereocenters. The Balaban J connectivity index is 2.10. The third-order valence-corrected chi connectivity index (χ3v) is 5.59. The van der Waals surface area contributed by atoms with Crippen LogP contribution in [0, 0.1) is 11.7 Å². The van der Waals surface area contributed by atoms with Crippen molar-refractivity contribution in [1.82, 2.24) is 4.72 Å². The predicted octanol–water partition coefficient (Wildman–Crippen LogP) is 3.46. The normalized spacial score (nSPS) is 18.9. The first kappa shape index (κ1) is 15.4. The highest BCUT2D eigenvalue weighted by atomic mass is 32.2. The van der Waals surface area contributed by atoms with Crippen molar-refractivity contribution < 1.29 is 12.8 Å². The van der Waals surface area contributed by atoms with Gasteiger partial charge in [0.2, 0.25) is 10.0 Å². The Morgan fingerprint density at radius 1 is 1.20 bits per heavy atom. The van der Waals surface area contributed by atoms with E-state index in [-0.39, 0.29) is 10.9 Å². The number of benzene rings is 1. The van der Waals surface area contributed by atoms with Crippen LogP contribution >= 0.6 is 0 Å². The van der Waals surface area contributed by atoms with Gasteiger partial charge in [-0.1, -0.05) is 26.2 Å². The highest BCUT2D eigenvalue weighted by Gasteiger charge is 2.27. The summed E-state index contributed by atoms with van der Waals surface area (Å²) in [6.07, 6.45) is 6.57. The largest absolute Gasteiger partial charge is 0.240 e. The zero-order valence-corrected chi connectivity index (χ0v) is 12.6. The van der Waals surface area contributed by atoms with Crippen LogP contribution in [0.25, 0.3) is 0 Å². The molecular formula is C15H22FNO2S. The van der Waals surface area contributed by atoms with Gasteiger partial charge in [0, 0.05) is 6.04 Å². The molecule has 0 saturated heterocycles. The van der Waals surface area contributed by atoms with Gasteiger partial charge in [0.15, 0.2) is 0 Å². The topological polar surface area (TPSA) is 46.2 Å². The van der Waals surface area contributed by atoms with Crippen molar-refractivity contribution in [2.45, 2.75) is 56.4 Å². The first-order chi connectivity index (χ1) is 9.53. The second-order valence-corrected chi connectivity index (χ2v) is 7.20. The molecule has 0 radical (unpaired) electrons. The van der Waals surface area contributed by atoms with Crippen molar-refractivity contribution >= 4 is 10.0 Å². The molecule has 1 aliphatic rings. The Morgan fingerprint density at radius 3 is 2.35 bits per heavy atom. The number of rotatable bonds is 5. The van der Waals surface area contributed by atoms with Crippen molar-refractivity contribution in [1.29, 1.82) is 0 Å². The fraction of sp³-hybridized carbons (Fsp3) is 0.600. The van der Waals surface area contributed by atoms with Crippen molar-refractivity contribution in [2.24, 2.45) is 5.92 Å². The van der Waals surface area contributed by atoms with E-state index < -0.39 is 15.8 Å². The molecule has 1 aliphatic carbocycles. The first-order valence-electron chi connectivity index (χ1n) is 7.31. The lowest BCUT2D eigenvalue weighted by molar-refractivity contribution is 0.285. The third-order valence-electron chi connectivity index (χ3n) is 4.09. The molecule has 1 aromatic carbocycles. The van der Waals surface area contributed by atoms with Crippen LogP contribution < -0.4 is 4.72 Å². The summed E-state index contributed by atoms with van der Waals surface area (Å²) in [4.78, 5) is 0.133. The molecule has 0 amide bonds. The molecule has 0 bridgehead atoms. The Kier molecular flexibility index (Phi) is 5.16. The molecule has 2 rings (SSSR count). The minimum Gasteiger partial charge on any atom is -0.208 e. The van der Waals surface area contributed by atoms with Crippen molar-refractivity contribution in [3.63, 3.8) is 0 Å². The smallest absolute Gasteiger partial charge is 0.208 e. The molecule has 0 aliphatic heterocycles. The van der Waals surface area contributed by atoms with Crippen LogP contribution in [0.5, 0.6) is 0 Å². The lowest BCUT2D eigenvalue weighted by Crippen LogP contribution is -2.40. The lowest BCUT2D eigenvalue weighted by Gasteiger charge is -2.30. The van der Waals surface area contributed by atoms with Gasteiger partial charge in [-0.15, -0.1) is 0 Å². The fourth-order valence-electron chi connectivity index (χ4n) is 2.93. The molecule has 0 spiro atoms. The number of hydrogen-bond acceptors (Lipinski definition) is 2. The monoisotopic (exact) mass is 299 g/mol. The van der Waals surface area contributed by atoms with Crippen LogP contribution in [0.15, 0.2) is 29.2 Å². The molecule has 1 aromatic rings. The second-order valence-electron chi connectivity index (χ2n) is 5.49. The summed E-state index contributed by atoms with van der Waals surface area (Å²) in [6, 6.07) is 4.95. The quantitative estimate of drug-likeness (QED) is 0.905. The minimum absolute atomic E-state index is 0.0228. The molecule has 112 valence electrons. The highest BCUT2D eigenvalue weighted by molar-refractivity contribution is 7.89. The molecule has 1 N–H and O–H groups in total. The van der Waals surface area contributed by atoms with Gasteiger partial charge in [-0.05, 0) is 49.4 Å². The molecular weight excluding hydrogens is 277 g/mol. The Morgan fingerprint density at radius 2 is 1.80 bits per heavy atom.